The maximum atomic E-state index is 13.6. The highest BCUT2D eigenvalue weighted by Gasteiger charge is 2.15. The van der Waals surface area contributed by atoms with Gasteiger partial charge in [-0.15, -0.1) is 0 Å². The molecule has 0 aliphatic carbocycles. The van der Waals surface area contributed by atoms with E-state index in [1.165, 1.54) is 6.07 Å². The molecule has 0 atom stereocenters. The minimum atomic E-state index is -0.661. The minimum absolute atomic E-state index is 0.0437. The second kappa shape index (κ2) is 5.20. The van der Waals surface area contributed by atoms with E-state index < -0.39 is 5.82 Å². The van der Waals surface area contributed by atoms with E-state index in [-0.39, 0.29) is 10.0 Å². The first-order chi connectivity index (χ1) is 8.40. The van der Waals surface area contributed by atoms with Crippen LogP contribution in [-0.2, 0) is 6.42 Å². The van der Waals surface area contributed by atoms with Crippen LogP contribution < -0.4 is 0 Å². The lowest BCUT2D eigenvalue weighted by atomic mass is 10.1. The van der Waals surface area contributed by atoms with Gasteiger partial charge in [0.15, 0.2) is 5.82 Å². The number of hydrogen-bond acceptors (Lipinski definition) is 1. The molecule has 1 nitrogen and oxygen atoms in total. The topological polar surface area (TPSA) is 12.9 Å². The predicted octanol–water partition coefficient (Wildman–Crippen LogP) is 5.53. The Bertz CT molecular complexity index is 611. The van der Waals surface area contributed by atoms with Gasteiger partial charge in [0.05, 0.1) is 20.6 Å². The van der Waals surface area contributed by atoms with Gasteiger partial charge in [0, 0.05) is 11.1 Å². The SMILES string of the molecule is CC(C)Cc1cc(Cl)c2c(Cl)c(F)c(Cl)cc2n1. The van der Waals surface area contributed by atoms with Gasteiger partial charge in [0.2, 0.25) is 0 Å². The van der Waals surface area contributed by atoms with Gasteiger partial charge < -0.3 is 0 Å². The highest BCUT2D eigenvalue weighted by molar-refractivity contribution is 6.43. The Morgan fingerprint density at radius 1 is 1.17 bits per heavy atom. The lowest BCUT2D eigenvalue weighted by molar-refractivity contribution is 0.629. The number of halogens is 4. The third-order valence-corrected chi connectivity index (χ3v) is 3.48. The van der Waals surface area contributed by atoms with Gasteiger partial charge in [0.1, 0.15) is 0 Å². The quantitative estimate of drug-likeness (QED) is 0.664. The van der Waals surface area contributed by atoms with Crippen LogP contribution in [0.5, 0.6) is 0 Å². The molecule has 0 amide bonds. The van der Waals surface area contributed by atoms with Crippen molar-refractivity contribution in [1.82, 2.24) is 4.98 Å². The van der Waals surface area contributed by atoms with Gasteiger partial charge in [0.25, 0.3) is 0 Å². The van der Waals surface area contributed by atoms with E-state index in [1.807, 2.05) is 0 Å². The third kappa shape index (κ3) is 2.56. The summed E-state index contributed by atoms with van der Waals surface area (Å²) in [4.78, 5) is 4.42. The van der Waals surface area contributed by atoms with E-state index in [2.05, 4.69) is 18.8 Å². The second-order valence-corrected chi connectivity index (χ2v) is 5.77. The Morgan fingerprint density at radius 2 is 1.83 bits per heavy atom. The van der Waals surface area contributed by atoms with Gasteiger partial charge in [-0.1, -0.05) is 48.7 Å². The average Bonchev–Trinajstić information content (AvgIpc) is 2.24. The van der Waals surface area contributed by atoms with E-state index in [9.17, 15) is 4.39 Å². The Labute approximate surface area is 120 Å². The first-order valence-corrected chi connectivity index (χ1v) is 6.66. The molecule has 0 radical (unpaired) electrons. The number of nitrogens with zero attached hydrogens (tertiary/aromatic N) is 1. The van der Waals surface area contributed by atoms with E-state index in [1.54, 1.807) is 6.07 Å². The largest absolute Gasteiger partial charge is 0.253 e. The fourth-order valence-corrected chi connectivity index (χ4v) is 2.74. The number of pyridine rings is 1. The molecule has 2 aromatic rings. The van der Waals surface area contributed by atoms with E-state index in [0.717, 1.165) is 12.1 Å². The Morgan fingerprint density at radius 3 is 2.44 bits per heavy atom. The molecule has 0 saturated carbocycles. The van der Waals surface area contributed by atoms with Gasteiger partial charge >= 0.3 is 0 Å². The number of rotatable bonds is 2. The van der Waals surface area contributed by atoms with Crippen molar-refractivity contribution in [2.24, 2.45) is 5.92 Å². The lowest BCUT2D eigenvalue weighted by Gasteiger charge is -2.09. The molecule has 0 N–H and O–H groups in total. The molecule has 0 aliphatic heterocycles. The van der Waals surface area contributed by atoms with Crippen molar-refractivity contribution >= 4 is 45.7 Å². The molecule has 5 heteroatoms. The van der Waals surface area contributed by atoms with Crippen molar-refractivity contribution in [2.75, 3.05) is 0 Å². The molecular formula is C13H11Cl3FN. The number of fused-ring (bicyclic) bond motifs is 1. The summed E-state index contributed by atoms with van der Waals surface area (Å²) in [5, 5.41) is 0.688. The number of aromatic nitrogens is 1. The predicted molar refractivity (Wildman–Crippen MR) is 75.3 cm³/mol. The average molecular weight is 307 g/mol. The van der Waals surface area contributed by atoms with Crippen molar-refractivity contribution in [3.05, 3.63) is 38.7 Å². The highest BCUT2D eigenvalue weighted by Crippen LogP contribution is 2.35. The molecule has 0 saturated heterocycles. The van der Waals surface area contributed by atoms with Crippen LogP contribution in [0.25, 0.3) is 10.9 Å². The second-order valence-electron chi connectivity index (χ2n) is 4.57. The molecule has 0 unspecified atom stereocenters. The number of hydrogen-bond donors (Lipinski definition) is 0. The van der Waals surface area contributed by atoms with Crippen LogP contribution in [0.15, 0.2) is 12.1 Å². The zero-order valence-electron chi connectivity index (χ0n) is 9.90. The summed E-state index contributed by atoms with van der Waals surface area (Å²) in [6.45, 7) is 4.18. The Balaban J connectivity index is 2.70. The summed E-state index contributed by atoms with van der Waals surface area (Å²) < 4.78 is 13.6. The zero-order chi connectivity index (χ0) is 13.4. The molecule has 2 rings (SSSR count). The highest BCUT2D eigenvalue weighted by atomic mass is 35.5. The lowest BCUT2D eigenvalue weighted by Crippen LogP contribution is -1.98. The van der Waals surface area contributed by atoms with Crippen LogP contribution in [0.4, 0.5) is 4.39 Å². The third-order valence-electron chi connectivity index (χ3n) is 2.56. The summed E-state index contributed by atoms with van der Waals surface area (Å²) in [6, 6.07) is 3.18. The molecule has 1 heterocycles. The summed E-state index contributed by atoms with van der Waals surface area (Å²) >= 11 is 17.8. The van der Waals surface area contributed by atoms with E-state index >= 15 is 0 Å². The van der Waals surface area contributed by atoms with Crippen LogP contribution in [0.1, 0.15) is 19.5 Å². The van der Waals surface area contributed by atoms with Crippen LogP contribution >= 0.6 is 34.8 Å². The van der Waals surface area contributed by atoms with Crippen molar-refractivity contribution in [2.45, 2.75) is 20.3 Å². The first-order valence-electron chi connectivity index (χ1n) is 5.52. The van der Waals surface area contributed by atoms with Crippen molar-refractivity contribution in [3.8, 4) is 0 Å². The zero-order valence-corrected chi connectivity index (χ0v) is 12.2. The molecule has 96 valence electrons. The van der Waals surface area contributed by atoms with Crippen LogP contribution in [-0.4, -0.2) is 4.98 Å². The standard InChI is InChI=1S/C13H11Cl3FN/c1-6(2)3-7-4-8(14)11-10(18-7)5-9(15)13(17)12(11)16/h4-6H,3H2,1-2H3. The normalized spacial score (nSPS) is 11.5. The van der Waals surface area contributed by atoms with Crippen molar-refractivity contribution in [3.63, 3.8) is 0 Å². The van der Waals surface area contributed by atoms with Crippen molar-refractivity contribution in [1.29, 1.82) is 0 Å². The van der Waals surface area contributed by atoms with Crippen molar-refractivity contribution < 1.29 is 4.39 Å². The molecule has 0 fully saturated rings. The van der Waals surface area contributed by atoms with Gasteiger partial charge in [-0.05, 0) is 24.5 Å². The molecule has 1 aromatic carbocycles. The van der Waals surface area contributed by atoms with Crippen LogP contribution in [0, 0.1) is 11.7 Å². The van der Waals surface area contributed by atoms with Crippen LogP contribution in [0.3, 0.4) is 0 Å². The summed E-state index contributed by atoms with van der Waals surface area (Å²) in [7, 11) is 0. The fraction of sp³-hybridized carbons (Fsp3) is 0.308. The maximum absolute atomic E-state index is 13.6. The van der Waals surface area contributed by atoms with Crippen LogP contribution in [0.2, 0.25) is 15.1 Å². The summed E-state index contributed by atoms with van der Waals surface area (Å²) in [5.41, 5.74) is 1.37. The number of benzene rings is 1. The summed E-state index contributed by atoms with van der Waals surface area (Å²) in [6.07, 6.45) is 0.794. The molecule has 0 bridgehead atoms. The summed E-state index contributed by atoms with van der Waals surface area (Å²) in [5.74, 6) is -0.205. The molecule has 0 spiro atoms. The maximum Gasteiger partial charge on any atom is 0.161 e. The minimum Gasteiger partial charge on any atom is -0.253 e. The molecule has 18 heavy (non-hydrogen) atoms. The smallest absolute Gasteiger partial charge is 0.161 e. The Hall–Kier alpha value is -0.570. The van der Waals surface area contributed by atoms with Gasteiger partial charge in [-0.3, -0.25) is 4.98 Å². The Kier molecular flexibility index (Phi) is 4.00. The molecular weight excluding hydrogens is 296 g/mol. The molecule has 1 aromatic heterocycles. The van der Waals surface area contributed by atoms with E-state index in [4.69, 9.17) is 34.8 Å². The fourth-order valence-electron chi connectivity index (χ4n) is 1.83. The van der Waals surface area contributed by atoms with E-state index in [0.29, 0.717) is 21.8 Å². The van der Waals surface area contributed by atoms with Gasteiger partial charge in [-0.25, -0.2) is 4.39 Å². The monoisotopic (exact) mass is 305 g/mol. The first kappa shape index (κ1) is 13.9. The molecule has 0 aliphatic rings. The van der Waals surface area contributed by atoms with Gasteiger partial charge in [-0.2, -0.15) is 0 Å².